The second-order valence-corrected chi connectivity index (χ2v) is 5.32. The Kier molecular flexibility index (Phi) is 4.44. The number of hydrogen-bond acceptors (Lipinski definition) is 5. The summed E-state index contributed by atoms with van der Waals surface area (Å²) in [5.41, 5.74) is 0.743. The first kappa shape index (κ1) is 13.9. The van der Waals surface area contributed by atoms with E-state index in [1.165, 1.54) is 0 Å². The van der Waals surface area contributed by atoms with Gasteiger partial charge in [0.25, 0.3) is 5.22 Å². The highest BCUT2D eigenvalue weighted by atomic mass is 35.5. The van der Waals surface area contributed by atoms with Gasteiger partial charge in [0.15, 0.2) is 0 Å². The average molecular weight is 299 g/mol. The molecule has 1 N–H and O–H groups in total. The van der Waals surface area contributed by atoms with Crippen LogP contribution >= 0.6 is 23.4 Å². The molecular formula is C12H11ClN2O3S. The van der Waals surface area contributed by atoms with E-state index in [0.29, 0.717) is 17.3 Å². The van der Waals surface area contributed by atoms with Crippen LogP contribution < -0.4 is 0 Å². The fourth-order valence-electron chi connectivity index (χ4n) is 1.40. The van der Waals surface area contributed by atoms with E-state index in [-0.39, 0.29) is 5.22 Å². The minimum atomic E-state index is -0.890. The van der Waals surface area contributed by atoms with Crippen LogP contribution in [-0.4, -0.2) is 26.5 Å². The molecular weight excluding hydrogens is 288 g/mol. The zero-order valence-electron chi connectivity index (χ0n) is 10.0. The van der Waals surface area contributed by atoms with E-state index in [4.69, 9.17) is 21.1 Å². The Hall–Kier alpha value is -1.53. The number of thioether (sulfide) groups is 1. The largest absolute Gasteiger partial charge is 0.480 e. The molecule has 2 rings (SSSR count). The molecule has 0 aliphatic heterocycles. The molecule has 7 heteroatoms. The van der Waals surface area contributed by atoms with Gasteiger partial charge in [-0.15, -0.1) is 10.2 Å². The Morgan fingerprint density at radius 1 is 1.42 bits per heavy atom. The van der Waals surface area contributed by atoms with Gasteiger partial charge in [-0.05, 0) is 30.7 Å². The van der Waals surface area contributed by atoms with Crippen LogP contribution in [0.5, 0.6) is 0 Å². The zero-order valence-corrected chi connectivity index (χ0v) is 11.6. The maximum Gasteiger partial charge on any atom is 0.317 e. The third-order valence-electron chi connectivity index (χ3n) is 2.39. The summed E-state index contributed by atoms with van der Waals surface area (Å²) >= 11 is 6.84. The number of rotatable bonds is 5. The van der Waals surface area contributed by atoms with Gasteiger partial charge >= 0.3 is 5.97 Å². The van der Waals surface area contributed by atoms with Gasteiger partial charge in [0, 0.05) is 10.6 Å². The van der Waals surface area contributed by atoms with Crippen LogP contribution in [-0.2, 0) is 4.79 Å². The number of aromatic nitrogens is 2. The van der Waals surface area contributed by atoms with Crippen molar-refractivity contribution in [3.8, 4) is 11.5 Å². The number of carbonyl (C=O) groups is 1. The summed E-state index contributed by atoms with van der Waals surface area (Å²) in [4.78, 5) is 10.9. The van der Waals surface area contributed by atoms with Gasteiger partial charge in [0.05, 0.1) is 0 Å². The summed E-state index contributed by atoms with van der Waals surface area (Å²) in [7, 11) is 0. The number of aliphatic carboxylic acids is 1. The number of benzene rings is 1. The molecule has 0 unspecified atom stereocenters. The zero-order chi connectivity index (χ0) is 13.8. The predicted molar refractivity (Wildman–Crippen MR) is 72.3 cm³/mol. The molecule has 19 heavy (non-hydrogen) atoms. The standard InChI is InChI=1S/C12H11ClN2O3S/c1-2-9(11(16)17)19-12-15-14-10(18-12)7-3-5-8(13)6-4-7/h3-6,9H,2H2,1H3,(H,16,17)/t9-/m1/s1. The first-order valence-electron chi connectivity index (χ1n) is 5.59. The van der Waals surface area contributed by atoms with Gasteiger partial charge in [0.2, 0.25) is 5.89 Å². The topological polar surface area (TPSA) is 76.2 Å². The first-order valence-corrected chi connectivity index (χ1v) is 6.85. The number of hydrogen-bond donors (Lipinski definition) is 1. The highest BCUT2D eigenvalue weighted by Crippen LogP contribution is 2.28. The van der Waals surface area contributed by atoms with Crippen LogP contribution in [0.4, 0.5) is 0 Å². The Morgan fingerprint density at radius 2 is 2.11 bits per heavy atom. The fraction of sp³-hybridized carbons (Fsp3) is 0.250. The first-order chi connectivity index (χ1) is 9.10. The normalized spacial score (nSPS) is 12.3. The van der Waals surface area contributed by atoms with E-state index in [1.807, 2.05) is 0 Å². The Balaban J connectivity index is 2.15. The van der Waals surface area contributed by atoms with Gasteiger partial charge in [-0.1, -0.05) is 30.3 Å². The lowest BCUT2D eigenvalue weighted by molar-refractivity contribution is -0.136. The van der Waals surface area contributed by atoms with Crippen molar-refractivity contribution in [2.45, 2.75) is 23.8 Å². The van der Waals surface area contributed by atoms with Crippen molar-refractivity contribution in [3.63, 3.8) is 0 Å². The second-order valence-electron chi connectivity index (χ2n) is 3.73. The lowest BCUT2D eigenvalue weighted by Gasteiger charge is -2.04. The summed E-state index contributed by atoms with van der Waals surface area (Å²) in [5.74, 6) is -0.543. The van der Waals surface area contributed by atoms with Crippen molar-refractivity contribution in [2.24, 2.45) is 0 Å². The molecule has 0 aliphatic rings. The van der Waals surface area contributed by atoms with Crippen LogP contribution in [0.3, 0.4) is 0 Å². The molecule has 0 saturated carbocycles. The van der Waals surface area contributed by atoms with Gasteiger partial charge in [-0.2, -0.15) is 0 Å². The maximum atomic E-state index is 10.9. The summed E-state index contributed by atoms with van der Waals surface area (Å²) in [6.45, 7) is 1.79. The molecule has 0 amide bonds. The van der Waals surface area contributed by atoms with Crippen molar-refractivity contribution < 1.29 is 14.3 Å². The molecule has 0 spiro atoms. The molecule has 5 nitrogen and oxygen atoms in total. The molecule has 1 aromatic carbocycles. The predicted octanol–water partition coefficient (Wildman–Crippen LogP) is 3.35. The SMILES string of the molecule is CC[C@@H](Sc1nnc(-c2ccc(Cl)cc2)o1)C(=O)O. The van der Waals surface area contributed by atoms with Gasteiger partial charge < -0.3 is 9.52 Å². The highest BCUT2D eigenvalue weighted by Gasteiger charge is 2.20. The van der Waals surface area contributed by atoms with E-state index in [1.54, 1.807) is 31.2 Å². The van der Waals surface area contributed by atoms with Crippen molar-refractivity contribution in [2.75, 3.05) is 0 Å². The van der Waals surface area contributed by atoms with Crippen molar-refractivity contribution in [1.82, 2.24) is 10.2 Å². The minimum absolute atomic E-state index is 0.249. The third-order valence-corrected chi connectivity index (χ3v) is 3.83. The summed E-state index contributed by atoms with van der Waals surface area (Å²) < 4.78 is 5.43. The Labute approximate surface area is 119 Å². The maximum absolute atomic E-state index is 10.9. The summed E-state index contributed by atoms with van der Waals surface area (Å²) in [5, 5.41) is 17.0. The molecule has 1 heterocycles. The quantitative estimate of drug-likeness (QED) is 0.853. The molecule has 100 valence electrons. The third kappa shape index (κ3) is 3.48. The number of carboxylic acids is 1. The smallest absolute Gasteiger partial charge is 0.317 e. The lowest BCUT2D eigenvalue weighted by Crippen LogP contribution is -2.14. The minimum Gasteiger partial charge on any atom is -0.480 e. The molecule has 2 aromatic rings. The fourth-order valence-corrected chi connectivity index (χ4v) is 2.25. The molecule has 0 radical (unpaired) electrons. The van der Waals surface area contributed by atoms with Gasteiger partial charge in [0.1, 0.15) is 5.25 Å². The monoisotopic (exact) mass is 298 g/mol. The number of carboxylic acid groups (broad SMARTS) is 1. The Morgan fingerprint density at radius 3 is 2.68 bits per heavy atom. The van der Waals surface area contributed by atoms with E-state index in [0.717, 1.165) is 17.3 Å². The molecule has 0 fully saturated rings. The Bertz CT molecular complexity index is 571. The van der Waals surface area contributed by atoms with Crippen LogP contribution in [0.15, 0.2) is 33.9 Å². The number of halogens is 1. The van der Waals surface area contributed by atoms with E-state index >= 15 is 0 Å². The molecule has 0 aliphatic carbocycles. The van der Waals surface area contributed by atoms with Gasteiger partial charge in [-0.3, -0.25) is 4.79 Å². The van der Waals surface area contributed by atoms with E-state index in [2.05, 4.69) is 10.2 Å². The van der Waals surface area contributed by atoms with Crippen LogP contribution in [0.1, 0.15) is 13.3 Å². The molecule has 0 bridgehead atoms. The van der Waals surface area contributed by atoms with Crippen molar-refractivity contribution in [1.29, 1.82) is 0 Å². The molecule has 0 saturated heterocycles. The van der Waals surface area contributed by atoms with E-state index in [9.17, 15) is 4.79 Å². The van der Waals surface area contributed by atoms with Crippen molar-refractivity contribution in [3.05, 3.63) is 29.3 Å². The average Bonchev–Trinajstić information content (AvgIpc) is 2.85. The van der Waals surface area contributed by atoms with Crippen molar-refractivity contribution >= 4 is 29.3 Å². The van der Waals surface area contributed by atoms with Crippen LogP contribution in [0.25, 0.3) is 11.5 Å². The van der Waals surface area contributed by atoms with E-state index < -0.39 is 11.2 Å². The van der Waals surface area contributed by atoms with Gasteiger partial charge in [-0.25, -0.2) is 0 Å². The summed E-state index contributed by atoms with van der Waals surface area (Å²) in [6.07, 6.45) is 0.485. The van der Waals surface area contributed by atoms with Crippen LogP contribution in [0, 0.1) is 0 Å². The van der Waals surface area contributed by atoms with Crippen LogP contribution in [0.2, 0.25) is 5.02 Å². The molecule has 1 aromatic heterocycles. The second kappa shape index (κ2) is 6.08. The number of nitrogens with zero attached hydrogens (tertiary/aromatic N) is 2. The lowest BCUT2D eigenvalue weighted by atomic mass is 10.2. The highest BCUT2D eigenvalue weighted by molar-refractivity contribution is 8.00. The molecule has 1 atom stereocenters. The summed E-state index contributed by atoms with van der Waals surface area (Å²) in [6, 6.07) is 6.97.